The van der Waals surface area contributed by atoms with Crippen molar-refractivity contribution in [3.05, 3.63) is 28.0 Å². The molecular weight excluding hydrogens is 261 g/mol. The molecule has 0 atom stereocenters. The van der Waals surface area contributed by atoms with Crippen molar-refractivity contribution >= 4 is 29.1 Å². The second kappa shape index (κ2) is 4.52. The van der Waals surface area contributed by atoms with Gasteiger partial charge in [-0.3, -0.25) is 4.79 Å². The van der Waals surface area contributed by atoms with E-state index in [0.29, 0.717) is 18.4 Å². The van der Waals surface area contributed by atoms with Gasteiger partial charge in [0.1, 0.15) is 15.8 Å². The number of hydrogen-bond acceptors (Lipinski definition) is 3. The van der Waals surface area contributed by atoms with Crippen molar-refractivity contribution in [2.24, 2.45) is 0 Å². The number of nitriles is 1. The van der Waals surface area contributed by atoms with Gasteiger partial charge in [0.05, 0.1) is 6.07 Å². The Morgan fingerprint density at radius 1 is 1.41 bits per heavy atom. The third kappa shape index (κ3) is 2.51. The molecule has 6 heteroatoms. The molecular formula is C11H9Cl2N3O. The van der Waals surface area contributed by atoms with Crippen molar-refractivity contribution in [3.8, 4) is 6.07 Å². The molecule has 1 aliphatic carbocycles. The van der Waals surface area contributed by atoms with Crippen molar-refractivity contribution in [2.75, 3.05) is 0 Å². The maximum Gasteiger partial charge on any atom is 0.252 e. The average Bonchev–Trinajstić information content (AvgIpc) is 2.21. The molecule has 0 saturated heterocycles. The number of nitrogens with zero attached hydrogens (tertiary/aromatic N) is 2. The number of pyridine rings is 1. The summed E-state index contributed by atoms with van der Waals surface area (Å²) < 4.78 is 0. The maximum absolute atomic E-state index is 11.9. The van der Waals surface area contributed by atoms with Gasteiger partial charge in [-0.25, -0.2) is 4.98 Å². The summed E-state index contributed by atoms with van der Waals surface area (Å²) in [6.07, 6.45) is 2.31. The fraction of sp³-hybridized carbons (Fsp3) is 0.364. The SMILES string of the molecule is N#CC1(NC(=O)c2cc(Cl)nc(Cl)c2)CCC1. The second-order valence-electron chi connectivity index (χ2n) is 4.00. The van der Waals surface area contributed by atoms with Crippen LogP contribution in [-0.4, -0.2) is 16.4 Å². The fourth-order valence-corrected chi connectivity index (χ4v) is 2.14. The highest BCUT2D eigenvalue weighted by Gasteiger charge is 2.38. The smallest absolute Gasteiger partial charge is 0.252 e. The summed E-state index contributed by atoms with van der Waals surface area (Å²) in [5, 5.41) is 12.0. The molecule has 17 heavy (non-hydrogen) atoms. The molecule has 1 N–H and O–H groups in total. The standard InChI is InChI=1S/C11H9Cl2N3O/c12-8-4-7(5-9(13)15-8)10(17)16-11(6-14)2-1-3-11/h4-5H,1-3H2,(H,16,17). The lowest BCUT2D eigenvalue weighted by Gasteiger charge is -2.35. The summed E-state index contributed by atoms with van der Waals surface area (Å²) in [5.41, 5.74) is -0.407. The summed E-state index contributed by atoms with van der Waals surface area (Å²) in [4.78, 5) is 15.7. The van der Waals surface area contributed by atoms with Gasteiger partial charge in [0, 0.05) is 5.56 Å². The van der Waals surface area contributed by atoms with Crippen LogP contribution in [-0.2, 0) is 0 Å². The Hall–Kier alpha value is -1.31. The second-order valence-corrected chi connectivity index (χ2v) is 4.78. The Bertz CT molecular complexity index is 486. The molecule has 0 bridgehead atoms. The Morgan fingerprint density at radius 3 is 2.41 bits per heavy atom. The first kappa shape index (κ1) is 12.2. The Balaban J connectivity index is 2.18. The number of halogens is 2. The Morgan fingerprint density at radius 2 is 2.00 bits per heavy atom. The van der Waals surface area contributed by atoms with Gasteiger partial charge in [0.25, 0.3) is 5.91 Å². The lowest BCUT2D eigenvalue weighted by atomic mass is 9.78. The van der Waals surface area contributed by atoms with Gasteiger partial charge in [-0.2, -0.15) is 5.26 Å². The van der Waals surface area contributed by atoms with Gasteiger partial charge in [-0.1, -0.05) is 23.2 Å². The molecule has 0 radical (unpaired) electrons. The number of rotatable bonds is 2. The van der Waals surface area contributed by atoms with E-state index in [9.17, 15) is 4.79 Å². The van der Waals surface area contributed by atoms with Crippen LogP contribution in [0.4, 0.5) is 0 Å². The van der Waals surface area contributed by atoms with E-state index in [0.717, 1.165) is 6.42 Å². The number of hydrogen-bond donors (Lipinski definition) is 1. The molecule has 0 spiro atoms. The van der Waals surface area contributed by atoms with Crippen molar-refractivity contribution in [1.82, 2.24) is 10.3 Å². The first-order valence-electron chi connectivity index (χ1n) is 5.11. The number of aromatic nitrogens is 1. The molecule has 1 aliphatic rings. The van der Waals surface area contributed by atoms with E-state index in [4.69, 9.17) is 28.5 Å². The van der Waals surface area contributed by atoms with E-state index in [1.54, 1.807) is 0 Å². The zero-order valence-electron chi connectivity index (χ0n) is 8.83. The van der Waals surface area contributed by atoms with Gasteiger partial charge in [0.2, 0.25) is 0 Å². The molecule has 1 aromatic heterocycles. The molecule has 1 fully saturated rings. The van der Waals surface area contributed by atoms with Crippen LogP contribution in [0.1, 0.15) is 29.6 Å². The maximum atomic E-state index is 11.9. The highest BCUT2D eigenvalue weighted by atomic mass is 35.5. The average molecular weight is 270 g/mol. The van der Waals surface area contributed by atoms with Gasteiger partial charge < -0.3 is 5.32 Å². The van der Waals surface area contributed by atoms with E-state index in [-0.39, 0.29) is 16.2 Å². The molecule has 0 aliphatic heterocycles. The molecule has 4 nitrogen and oxygen atoms in total. The van der Waals surface area contributed by atoms with E-state index in [1.165, 1.54) is 12.1 Å². The molecule has 1 aromatic rings. The van der Waals surface area contributed by atoms with Crippen LogP contribution in [0, 0.1) is 11.3 Å². The van der Waals surface area contributed by atoms with E-state index < -0.39 is 5.54 Å². The zero-order chi connectivity index (χ0) is 12.5. The van der Waals surface area contributed by atoms with Crippen molar-refractivity contribution < 1.29 is 4.79 Å². The van der Waals surface area contributed by atoms with Crippen LogP contribution in [0.5, 0.6) is 0 Å². The number of carbonyl (C=O) groups is 1. The largest absolute Gasteiger partial charge is 0.334 e. The lowest BCUT2D eigenvalue weighted by molar-refractivity contribution is 0.0881. The van der Waals surface area contributed by atoms with Gasteiger partial charge >= 0.3 is 0 Å². The molecule has 1 heterocycles. The highest BCUT2D eigenvalue weighted by molar-refractivity contribution is 6.33. The van der Waals surface area contributed by atoms with Gasteiger partial charge in [-0.05, 0) is 31.4 Å². The van der Waals surface area contributed by atoms with Crippen molar-refractivity contribution in [2.45, 2.75) is 24.8 Å². The Labute approximate surface area is 109 Å². The minimum atomic E-state index is -0.723. The summed E-state index contributed by atoms with van der Waals surface area (Å²) >= 11 is 11.4. The normalized spacial score (nSPS) is 16.8. The summed E-state index contributed by atoms with van der Waals surface area (Å²) in [6.45, 7) is 0. The third-order valence-corrected chi connectivity index (χ3v) is 3.19. The van der Waals surface area contributed by atoms with Crippen LogP contribution in [0.25, 0.3) is 0 Å². The van der Waals surface area contributed by atoms with Crippen LogP contribution in [0.2, 0.25) is 10.3 Å². The fourth-order valence-electron chi connectivity index (χ4n) is 1.68. The van der Waals surface area contributed by atoms with E-state index >= 15 is 0 Å². The quantitative estimate of drug-likeness (QED) is 0.840. The first-order chi connectivity index (χ1) is 8.04. The Kier molecular flexibility index (Phi) is 3.23. The minimum absolute atomic E-state index is 0.155. The van der Waals surface area contributed by atoms with Gasteiger partial charge in [0.15, 0.2) is 0 Å². The van der Waals surface area contributed by atoms with Crippen LogP contribution < -0.4 is 5.32 Å². The number of nitrogens with one attached hydrogen (secondary N) is 1. The lowest BCUT2D eigenvalue weighted by Crippen LogP contribution is -2.52. The van der Waals surface area contributed by atoms with E-state index in [2.05, 4.69) is 16.4 Å². The molecule has 88 valence electrons. The monoisotopic (exact) mass is 269 g/mol. The zero-order valence-corrected chi connectivity index (χ0v) is 10.3. The molecule has 1 saturated carbocycles. The topological polar surface area (TPSA) is 65.8 Å². The molecule has 0 unspecified atom stereocenters. The van der Waals surface area contributed by atoms with E-state index in [1.807, 2.05) is 0 Å². The van der Waals surface area contributed by atoms with Crippen LogP contribution >= 0.6 is 23.2 Å². The summed E-state index contributed by atoms with van der Waals surface area (Å²) in [6, 6.07) is 4.98. The summed E-state index contributed by atoms with van der Waals surface area (Å²) in [7, 11) is 0. The molecule has 0 aromatic carbocycles. The first-order valence-corrected chi connectivity index (χ1v) is 5.87. The number of amides is 1. The number of carbonyl (C=O) groups excluding carboxylic acids is 1. The van der Waals surface area contributed by atoms with Crippen molar-refractivity contribution in [3.63, 3.8) is 0 Å². The van der Waals surface area contributed by atoms with Crippen LogP contribution in [0.15, 0.2) is 12.1 Å². The third-order valence-electron chi connectivity index (χ3n) is 2.80. The highest BCUT2D eigenvalue weighted by Crippen LogP contribution is 2.31. The predicted molar refractivity (Wildman–Crippen MR) is 63.9 cm³/mol. The van der Waals surface area contributed by atoms with Crippen molar-refractivity contribution in [1.29, 1.82) is 5.26 Å². The molecule has 2 rings (SSSR count). The van der Waals surface area contributed by atoms with Crippen LogP contribution in [0.3, 0.4) is 0 Å². The minimum Gasteiger partial charge on any atom is -0.334 e. The predicted octanol–water partition coefficient (Wildman–Crippen LogP) is 2.56. The molecule has 1 amide bonds. The summed E-state index contributed by atoms with van der Waals surface area (Å²) in [5.74, 6) is -0.350. The van der Waals surface area contributed by atoms with Gasteiger partial charge in [-0.15, -0.1) is 0 Å².